The van der Waals surface area contributed by atoms with Crippen molar-refractivity contribution in [2.24, 2.45) is 5.92 Å². The molecule has 1 rings (SSSR count). The molecule has 2 atom stereocenters. The summed E-state index contributed by atoms with van der Waals surface area (Å²) in [6, 6.07) is 0. The molecule has 68 valence electrons. The molecule has 2 unspecified atom stereocenters. The van der Waals surface area contributed by atoms with Crippen LogP contribution in [0.15, 0.2) is 0 Å². The Morgan fingerprint density at radius 2 is 1.92 bits per heavy atom. The number of aliphatic hydroxyl groups is 1. The SMILES string of the molecule is C[Si](C)(C)C#CC1CCCC1O. The molecule has 1 fully saturated rings. The number of hydrogen-bond acceptors (Lipinski definition) is 1. The molecule has 0 heterocycles. The van der Waals surface area contributed by atoms with Gasteiger partial charge in [0.15, 0.2) is 0 Å². The predicted octanol–water partition coefficient (Wildman–Crippen LogP) is 2.03. The van der Waals surface area contributed by atoms with Gasteiger partial charge < -0.3 is 5.11 Å². The highest BCUT2D eigenvalue weighted by atomic mass is 28.3. The monoisotopic (exact) mass is 182 g/mol. The minimum absolute atomic E-state index is 0.145. The molecule has 0 saturated heterocycles. The standard InChI is InChI=1S/C10H18OSi/c1-12(2,3)8-7-9-5-4-6-10(9)11/h9-11H,4-6H2,1-3H3. The van der Waals surface area contributed by atoms with Crippen LogP contribution in [-0.4, -0.2) is 19.3 Å². The Hall–Kier alpha value is -0.263. The van der Waals surface area contributed by atoms with Gasteiger partial charge in [0.05, 0.1) is 6.10 Å². The maximum atomic E-state index is 9.50. The van der Waals surface area contributed by atoms with E-state index in [1.165, 1.54) is 0 Å². The second-order valence-electron chi connectivity index (χ2n) is 4.62. The van der Waals surface area contributed by atoms with Crippen LogP contribution < -0.4 is 0 Å². The van der Waals surface area contributed by atoms with E-state index in [2.05, 4.69) is 31.1 Å². The third kappa shape index (κ3) is 3.00. The van der Waals surface area contributed by atoms with E-state index in [9.17, 15) is 5.11 Å². The Morgan fingerprint density at radius 3 is 2.33 bits per heavy atom. The molecule has 1 aliphatic rings. The lowest BCUT2D eigenvalue weighted by molar-refractivity contribution is 0.157. The molecule has 12 heavy (non-hydrogen) atoms. The lowest BCUT2D eigenvalue weighted by Gasteiger charge is -2.08. The largest absolute Gasteiger partial charge is 0.392 e. The Bertz CT molecular complexity index is 206. The number of rotatable bonds is 0. The van der Waals surface area contributed by atoms with Crippen LogP contribution in [0.1, 0.15) is 19.3 Å². The van der Waals surface area contributed by atoms with Crippen LogP contribution in [0.4, 0.5) is 0 Å². The van der Waals surface area contributed by atoms with Gasteiger partial charge in [0.1, 0.15) is 8.07 Å². The summed E-state index contributed by atoms with van der Waals surface area (Å²) in [5.41, 5.74) is 3.32. The van der Waals surface area contributed by atoms with Crippen molar-refractivity contribution in [3.8, 4) is 11.5 Å². The zero-order valence-electron chi connectivity index (χ0n) is 8.22. The third-order valence-corrected chi connectivity index (χ3v) is 3.01. The van der Waals surface area contributed by atoms with Crippen LogP contribution >= 0.6 is 0 Å². The lowest BCUT2D eigenvalue weighted by atomic mass is 10.1. The zero-order chi connectivity index (χ0) is 9.19. The summed E-state index contributed by atoms with van der Waals surface area (Å²) in [5, 5.41) is 9.50. The van der Waals surface area contributed by atoms with Gasteiger partial charge >= 0.3 is 0 Å². The molecule has 0 aromatic heterocycles. The van der Waals surface area contributed by atoms with Crippen molar-refractivity contribution in [2.45, 2.75) is 45.0 Å². The summed E-state index contributed by atoms with van der Waals surface area (Å²) in [5.74, 6) is 3.51. The normalized spacial score (nSPS) is 29.7. The Kier molecular flexibility index (Phi) is 2.97. The predicted molar refractivity (Wildman–Crippen MR) is 54.5 cm³/mol. The van der Waals surface area contributed by atoms with Crippen LogP contribution in [0.25, 0.3) is 0 Å². The van der Waals surface area contributed by atoms with Gasteiger partial charge in [0.2, 0.25) is 0 Å². The van der Waals surface area contributed by atoms with Gasteiger partial charge in [-0.1, -0.05) is 19.6 Å². The van der Waals surface area contributed by atoms with Crippen molar-refractivity contribution in [3.63, 3.8) is 0 Å². The van der Waals surface area contributed by atoms with Crippen LogP contribution in [0.2, 0.25) is 19.6 Å². The fraction of sp³-hybridized carbons (Fsp3) is 0.800. The number of hydrogen-bond donors (Lipinski definition) is 1. The molecule has 0 aromatic rings. The summed E-state index contributed by atoms with van der Waals surface area (Å²) < 4.78 is 0. The van der Waals surface area contributed by atoms with Crippen molar-refractivity contribution < 1.29 is 5.11 Å². The van der Waals surface area contributed by atoms with Crippen molar-refractivity contribution in [2.75, 3.05) is 0 Å². The van der Waals surface area contributed by atoms with Crippen molar-refractivity contribution in [1.29, 1.82) is 0 Å². The van der Waals surface area contributed by atoms with E-state index in [4.69, 9.17) is 0 Å². The molecule has 0 radical (unpaired) electrons. The van der Waals surface area contributed by atoms with E-state index in [0.29, 0.717) is 0 Å². The molecule has 0 amide bonds. The quantitative estimate of drug-likeness (QED) is 0.449. The van der Waals surface area contributed by atoms with E-state index in [1.54, 1.807) is 0 Å². The molecule has 1 saturated carbocycles. The minimum atomic E-state index is -1.23. The van der Waals surface area contributed by atoms with Gasteiger partial charge in [-0.15, -0.1) is 11.5 Å². The van der Waals surface area contributed by atoms with Gasteiger partial charge in [0, 0.05) is 5.92 Å². The smallest absolute Gasteiger partial charge is 0.129 e. The summed E-state index contributed by atoms with van der Waals surface area (Å²) in [4.78, 5) is 0. The van der Waals surface area contributed by atoms with E-state index < -0.39 is 8.07 Å². The van der Waals surface area contributed by atoms with E-state index in [0.717, 1.165) is 19.3 Å². The highest BCUT2D eigenvalue weighted by molar-refractivity contribution is 6.83. The maximum Gasteiger partial charge on any atom is 0.129 e. The molecule has 1 N–H and O–H groups in total. The first-order valence-electron chi connectivity index (χ1n) is 4.70. The Labute approximate surface area is 76.2 Å². The third-order valence-electron chi connectivity index (χ3n) is 2.11. The Balaban J connectivity index is 2.53. The van der Waals surface area contributed by atoms with Crippen molar-refractivity contribution >= 4 is 8.07 Å². The summed E-state index contributed by atoms with van der Waals surface area (Å²) >= 11 is 0. The second kappa shape index (κ2) is 3.63. The highest BCUT2D eigenvalue weighted by Gasteiger charge is 2.23. The first-order valence-corrected chi connectivity index (χ1v) is 8.20. The summed E-state index contributed by atoms with van der Waals surface area (Å²) in [7, 11) is -1.23. The first-order chi connectivity index (χ1) is 5.49. The molecular formula is C10H18OSi. The Morgan fingerprint density at radius 1 is 1.25 bits per heavy atom. The van der Waals surface area contributed by atoms with Crippen LogP contribution in [-0.2, 0) is 0 Å². The average Bonchev–Trinajstić information content (AvgIpc) is 2.29. The van der Waals surface area contributed by atoms with Gasteiger partial charge in [-0.2, -0.15) is 0 Å². The van der Waals surface area contributed by atoms with E-state index in [1.807, 2.05) is 0 Å². The van der Waals surface area contributed by atoms with Gasteiger partial charge in [-0.25, -0.2) is 0 Å². The highest BCUT2D eigenvalue weighted by Crippen LogP contribution is 2.24. The molecule has 0 spiro atoms. The fourth-order valence-electron chi connectivity index (χ4n) is 1.42. The fourth-order valence-corrected chi connectivity index (χ4v) is 2.04. The number of aliphatic hydroxyl groups excluding tert-OH is 1. The van der Waals surface area contributed by atoms with Crippen LogP contribution in [0.3, 0.4) is 0 Å². The van der Waals surface area contributed by atoms with Gasteiger partial charge in [-0.05, 0) is 19.3 Å². The minimum Gasteiger partial charge on any atom is -0.392 e. The molecular weight excluding hydrogens is 164 g/mol. The summed E-state index contributed by atoms with van der Waals surface area (Å²) in [6.07, 6.45) is 3.05. The van der Waals surface area contributed by atoms with Crippen molar-refractivity contribution in [1.82, 2.24) is 0 Å². The van der Waals surface area contributed by atoms with Crippen LogP contribution in [0.5, 0.6) is 0 Å². The lowest BCUT2D eigenvalue weighted by Crippen LogP contribution is -2.18. The van der Waals surface area contributed by atoms with Gasteiger partial charge in [0.25, 0.3) is 0 Å². The molecule has 2 heteroatoms. The topological polar surface area (TPSA) is 20.2 Å². The maximum absolute atomic E-state index is 9.50. The van der Waals surface area contributed by atoms with E-state index in [-0.39, 0.29) is 12.0 Å². The van der Waals surface area contributed by atoms with Gasteiger partial charge in [-0.3, -0.25) is 0 Å². The van der Waals surface area contributed by atoms with Crippen molar-refractivity contribution in [3.05, 3.63) is 0 Å². The van der Waals surface area contributed by atoms with Crippen LogP contribution in [0, 0.1) is 17.4 Å². The average molecular weight is 182 g/mol. The second-order valence-corrected chi connectivity index (χ2v) is 9.37. The summed E-state index contributed by atoms with van der Waals surface area (Å²) in [6.45, 7) is 6.71. The molecule has 0 bridgehead atoms. The molecule has 0 aliphatic heterocycles. The molecule has 0 aromatic carbocycles. The molecule has 1 nitrogen and oxygen atoms in total. The first kappa shape index (κ1) is 9.82. The zero-order valence-corrected chi connectivity index (χ0v) is 9.22. The molecule has 1 aliphatic carbocycles. The van der Waals surface area contributed by atoms with E-state index >= 15 is 0 Å².